The van der Waals surface area contributed by atoms with Gasteiger partial charge in [0.05, 0.1) is 11.6 Å². The molecule has 0 saturated carbocycles. The number of aryl methyl sites for hydroxylation is 1. The number of nitrogens with one attached hydrogen (secondary N) is 2. The van der Waals surface area contributed by atoms with E-state index in [1.54, 1.807) is 13.2 Å². The first kappa shape index (κ1) is 14.5. The number of amides is 1. The van der Waals surface area contributed by atoms with Crippen molar-refractivity contribution in [3.63, 3.8) is 0 Å². The molecule has 1 saturated heterocycles. The van der Waals surface area contributed by atoms with E-state index in [1.165, 1.54) is 10.9 Å². The lowest BCUT2D eigenvalue weighted by Crippen LogP contribution is -2.45. The Bertz CT molecular complexity index is 505. The molecule has 0 aromatic carbocycles. The molecule has 7 heteroatoms. The fourth-order valence-electron chi connectivity index (χ4n) is 2.56. The predicted molar refractivity (Wildman–Crippen MR) is 71.9 cm³/mol. The van der Waals surface area contributed by atoms with Gasteiger partial charge in [-0.25, -0.2) is 4.79 Å². The second-order valence-corrected chi connectivity index (χ2v) is 5.25. The van der Waals surface area contributed by atoms with Gasteiger partial charge in [-0.05, 0) is 19.4 Å². The Hall–Kier alpha value is -1.89. The summed E-state index contributed by atoms with van der Waals surface area (Å²) in [6.07, 6.45) is 4.48. The minimum absolute atomic E-state index is 0.207. The third-order valence-corrected chi connectivity index (χ3v) is 3.98. The summed E-state index contributed by atoms with van der Waals surface area (Å²) < 4.78 is 1.52. The van der Waals surface area contributed by atoms with Gasteiger partial charge in [0, 0.05) is 25.4 Å². The molecule has 0 radical (unpaired) electrons. The fourth-order valence-corrected chi connectivity index (χ4v) is 2.56. The van der Waals surface area contributed by atoms with Crippen LogP contribution in [0.25, 0.3) is 0 Å². The molecule has 0 aliphatic carbocycles. The molecule has 1 aromatic rings. The van der Waals surface area contributed by atoms with E-state index in [-0.39, 0.29) is 5.91 Å². The van der Waals surface area contributed by atoms with Crippen LogP contribution in [0.2, 0.25) is 0 Å². The van der Waals surface area contributed by atoms with Crippen LogP contribution in [0.15, 0.2) is 12.4 Å². The topological polar surface area (TPSA) is 96.2 Å². The number of nitrogens with zero attached hydrogens (tertiary/aromatic N) is 2. The van der Waals surface area contributed by atoms with Crippen molar-refractivity contribution in [3.05, 3.63) is 18.0 Å². The number of rotatable bonds is 5. The monoisotopic (exact) mass is 280 g/mol. The normalized spacial score (nSPS) is 23.5. The van der Waals surface area contributed by atoms with Crippen LogP contribution in [-0.4, -0.2) is 39.9 Å². The molecule has 20 heavy (non-hydrogen) atoms. The van der Waals surface area contributed by atoms with Crippen LogP contribution in [0.3, 0.4) is 0 Å². The van der Waals surface area contributed by atoms with Gasteiger partial charge >= 0.3 is 5.97 Å². The second-order valence-electron chi connectivity index (χ2n) is 5.25. The maximum atomic E-state index is 12.5. The van der Waals surface area contributed by atoms with Crippen LogP contribution in [0.5, 0.6) is 0 Å². The Balaban J connectivity index is 2.16. The van der Waals surface area contributed by atoms with Crippen LogP contribution in [0, 0.1) is 5.41 Å². The third kappa shape index (κ3) is 2.67. The van der Waals surface area contributed by atoms with Crippen molar-refractivity contribution in [1.29, 1.82) is 0 Å². The van der Waals surface area contributed by atoms with E-state index in [1.807, 2.05) is 6.92 Å². The zero-order chi connectivity index (χ0) is 14.8. The minimum Gasteiger partial charge on any atom is -0.479 e. The zero-order valence-electron chi connectivity index (χ0n) is 11.7. The van der Waals surface area contributed by atoms with E-state index < -0.39 is 17.4 Å². The summed E-state index contributed by atoms with van der Waals surface area (Å²) in [4.78, 5) is 23.8. The summed E-state index contributed by atoms with van der Waals surface area (Å²) in [5.74, 6) is -1.29. The predicted octanol–water partition coefficient (Wildman–Crippen LogP) is 0.0517. The summed E-state index contributed by atoms with van der Waals surface area (Å²) in [6, 6.07) is -1.06. The molecule has 1 fully saturated rings. The first-order valence-electron chi connectivity index (χ1n) is 6.71. The number of aromatic nitrogens is 2. The minimum atomic E-state index is -1.08. The van der Waals surface area contributed by atoms with E-state index in [0.29, 0.717) is 18.5 Å². The van der Waals surface area contributed by atoms with Crippen molar-refractivity contribution in [2.75, 3.05) is 13.1 Å². The molecule has 1 aliphatic rings. The van der Waals surface area contributed by atoms with Crippen LogP contribution >= 0.6 is 0 Å². The van der Waals surface area contributed by atoms with Crippen molar-refractivity contribution in [2.45, 2.75) is 25.8 Å². The summed E-state index contributed by atoms with van der Waals surface area (Å²) in [5, 5.41) is 19.1. The first-order chi connectivity index (χ1) is 9.48. The smallest absolute Gasteiger partial charge is 0.331 e. The van der Waals surface area contributed by atoms with Gasteiger partial charge in [-0.15, -0.1) is 0 Å². The average Bonchev–Trinajstić information content (AvgIpc) is 3.04. The molecule has 2 unspecified atom stereocenters. The molecular formula is C13H20N4O3. The van der Waals surface area contributed by atoms with Crippen molar-refractivity contribution in [1.82, 2.24) is 20.4 Å². The molecule has 2 atom stereocenters. The molecular weight excluding hydrogens is 260 g/mol. The van der Waals surface area contributed by atoms with E-state index in [0.717, 1.165) is 13.0 Å². The Morgan fingerprint density at radius 1 is 1.65 bits per heavy atom. The number of hydrogen-bond acceptors (Lipinski definition) is 4. The molecule has 2 heterocycles. The molecule has 0 bridgehead atoms. The highest BCUT2D eigenvalue weighted by atomic mass is 16.4. The average molecular weight is 280 g/mol. The molecule has 110 valence electrons. The zero-order valence-corrected chi connectivity index (χ0v) is 11.7. The molecule has 7 nitrogen and oxygen atoms in total. The van der Waals surface area contributed by atoms with Gasteiger partial charge in [-0.1, -0.05) is 6.92 Å². The number of carboxylic acids is 1. The highest BCUT2D eigenvalue weighted by molar-refractivity contribution is 5.88. The molecule has 0 spiro atoms. The van der Waals surface area contributed by atoms with E-state index >= 15 is 0 Å². The van der Waals surface area contributed by atoms with Gasteiger partial charge in [0.2, 0.25) is 5.91 Å². The maximum absolute atomic E-state index is 12.5. The Morgan fingerprint density at radius 3 is 2.85 bits per heavy atom. The highest BCUT2D eigenvalue weighted by Gasteiger charge is 2.41. The summed E-state index contributed by atoms with van der Waals surface area (Å²) >= 11 is 0. The molecule has 3 N–H and O–H groups in total. The molecule has 1 aromatic heterocycles. The number of hydrogen-bond donors (Lipinski definition) is 3. The lowest BCUT2D eigenvalue weighted by Gasteiger charge is -2.27. The van der Waals surface area contributed by atoms with E-state index in [2.05, 4.69) is 15.7 Å². The van der Waals surface area contributed by atoms with E-state index in [4.69, 9.17) is 0 Å². The van der Waals surface area contributed by atoms with Gasteiger partial charge in [0.25, 0.3) is 0 Å². The standard InChI is InChI=1S/C13H20N4O3/c1-3-13(4-5-14-8-13)12(20)16-10(11(18)19)9-6-15-17(2)7-9/h6-7,10,14H,3-5,8H2,1-2H3,(H,16,20)(H,18,19). The molecule has 2 rings (SSSR count). The van der Waals surface area contributed by atoms with Crippen LogP contribution < -0.4 is 10.6 Å². The van der Waals surface area contributed by atoms with Crippen molar-refractivity contribution in [2.24, 2.45) is 12.5 Å². The molecule has 1 amide bonds. The Labute approximate surface area is 117 Å². The summed E-state index contributed by atoms with van der Waals surface area (Å²) in [7, 11) is 1.71. The first-order valence-corrected chi connectivity index (χ1v) is 6.71. The number of carboxylic acid groups (broad SMARTS) is 1. The maximum Gasteiger partial charge on any atom is 0.331 e. The fraction of sp³-hybridized carbons (Fsp3) is 0.615. The lowest BCUT2D eigenvalue weighted by molar-refractivity contribution is -0.144. The lowest BCUT2D eigenvalue weighted by atomic mass is 9.83. The van der Waals surface area contributed by atoms with Gasteiger partial charge < -0.3 is 15.7 Å². The van der Waals surface area contributed by atoms with Gasteiger partial charge in [-0.3, -0.25) is 9.48 Å². The summed E-state index contributed by atoms with van der Waals surface area (Å²) in [5.41, 5.74) is -0.0267. The summed E-state index contributed by atoms with van der Waals surface area (Å²) in [6.45, 7) is 3.33. The van der Waals surface area contributed by atoms with Crippen molar-refractivity contribution < 1.29 is 14.7 Å². The Morgan fingerprint density at radius 2 is 2.40 bits per heavy atom. The number of aliphatic carboxylic acids is 1. The van der Waals surface area contributed by atoms with Gasteiger partial charge in [-0.2, -0.15) is 5.10 Å². The Kier molecular flexibility index (Phi) is 4.08. The SMILES string of the molecule is CCC1(C(=O)NC(C(=O)O)c2cnn(C)c2)CCNC1. The number of carbonyl (C=O) groups is 2. The second kappa shape index (κ2) is 5.62. The largest absolute Gasteiger partial charge is 0.479 e. The van der Waals surface area contributed by atoms with Gasteiger partial charge in [0.15, 0.2) is 6.04 Å². The quantitative estimate of drug-likeness (QED) is 0.708. The van der Waals surface area contributed by atoms with Crippen LogP contribution in [-0.2, 0) is 16.6 Å². The van der Waals surface area contributed by atoms with E-state index in [9.17, 15) is 14.7 Å². The van der Waals surface area contributed by atoms with Crippen molar-refractivity contribution >= 4 is 11.9 Å². The highest BCUT2D eigenvalue weighted by Crippen LogP contribution is 2.30. The van der Waals surface area contributed by atoms with Gasteiger partial charge in [0.1, 0.15) is 0 Å². The molecule has 1 aliphatic heterocycles. The number of carbonyl (C=O) groups excluding carboxylic acids is 1. The van der Waals surface area contributed by atoms with Crippen LogP contribution in [0.4, 0.5) is 0 Å². The van der Waals surface area contributed by atoms with Crippen LogP contribution in [0.1, 0.15) is 31.4 Å². The third-order valence-electron chi connectivity index (χ3n) is 3.98. The van der Waals surface area contributed by atoms with Crippen molar-refractivity contribution in [3.8, 4) is 0 Å².